The van der Waals surface area contributed by atoms with E-state index in [-0.39, 0.29) is 11.9 Å². The van der Waals surface area contributed by atoms with Crippen molar-refractivity contribution in [3.8, 4) is 5.75 Å². The summed E-state index contributed by atoms with van der Waals surface area (Å²) in [6.07, 6.45) is 0.701. The van der Waals surface area contributed by atoms with E-state index in [4.69, 9.17) is 9.84 Å². The smallest absolute Gasteiger partial charge is 0.257 e. The van der Waals surface area contributed by atoms with Crippen LogP contribution in [0.5, 0.6) is 5.75 Å². The highest BCUT2D eigenvalue weighted by Gasteiger charge is 2.34. The molecule has 5 rings (SSSR count). The molecular formula is C32H38N4O2. The number of ether oxygens (including phenoxy) is 1. The molecule has 6 heteroatoms. The molecule has 0 spiro atoms. The number of nitrogens with zero attached hydrogens (tertiary/aromatic N) is 4. The van der Waals surface area contributed by atoms with Crippen LogP contribution in [0.4, 0.5) is 0 Å². The van der Waals surface area contributed by atoms with Gasteiger partial charge in [0.15, 0.2) is 0 Å². The molecule has 0 aromatic heterocycles. The van der Waals surface area contributed by atoms with Gasteiger partial charge >= 0.3 is 0 Å². The zero-order valence-electron chi connectivity index (χ0n) is 22.8. The van der Waals surface area contributed by atoms with Gasteiger partial charge in [-0.2, -0.15) is 5.10 Å². The average molecular weight is 511 g/mol. The van der Waals surface area contributed by atoms with Gasteiger partial charge in [-0.05, 0) is 66.8 Å². The van der Waals surface area contributed by atoms with Crippen LogP contribution in [0, 0.1) is 13.8 Å². The summed E-state index contributed by atoms with van der Waals surface area (Å²) < 4.78 is 5.64. The zero-order chi connectivity index (χ0) is 26.5. The van der Waals surface area contributed by atoms with Gasteiger partial charge in [0.25, 0.3) is 5.91 Å². The molecule has 0 unspecified atom stereocenters. The molecule has 0 aliphatic carbocycles. The molecule has 0 bridgehead atoms. The Kier molecular flexibility index (Phi) is 8.20. The van der Waals surface area contributed by atoms with E-state index in [9.17, 15) is 4.79 Å². The minimum absolute atomic E-state index is 0.0548. The molecule has 3 aromatic rings. The Morgan fingerprint density at radius 1 is 0.895 bits per heavy atom. The Hall–Kier alpha value is -3.48. The highest BCUT2D eigenvalue weighted by molar-refractivity contribution is 6.03. The molecule has 6 nitrogen and oxygen atoms in total. The Labute approximate surface area is 226 Å². The lowest BCUT2D eigenvalue weighted by Crippen LogP contribution is -2.49. The van der Waals surface area contributed by atoms with E-state index in [0.29, 0.717) is 19.6 Å². The molecule has 3 aromatic carbocycles. The van der Waals surface area contributed by atoms with Crippen molar-refractivity contribution < 1.29 is 9.53 Å². The molecule has 38 heavy (non-hydrogen) atoms. The van der Waals surface area contributed by atoms with E-state index in [1.54, 1.807) is 5.01 Å². The summed E-state index contributed by atoms with van der Waals surface area (Å²) in [4.78, 5) is 18.4. The summed E-state index contributed by atoms with van der Waals surface area (Å²) in [7, 11) is 0. The summed E-state index contributed by atoms with van der Waals surface area (Å²) in [5.74, 6) is 0.898. The van der Waals surface area contributed by atoms with Crippen molar-refractivity contribution in [2.75, 3.05) is 39.3 Å². The van der Waals surface area contributed by atoms with Crippen molar-refractivity contribution in [1.29, 1.82) is 0 Å². The van der Waals surface area contributed by atoms with Gasteiger partial charge in [0, 0.05) is 39.1 Å². The number of benzene rings is 3. The highest BCUT2D eigenvalue weighted by Crippen LogP contribution is 2.34. The number of carbonyl (C=O) groups excluding carboxylic acids is 1. The maximum absolute atomic E-state index is 13.7. The predicted octanol–water partition coefficient (Wildman–Crippen LogP) is 5.20. The van der Waals surface area contributed by atoms with Crippen LogP contribution in [-0.4, -0.2) is 65.8 Å². The Morgan fingerprint density at radius 2 is 1.61 bits per heavy atom. The number of aryl methyl sites for hydroxylation is 2. The van der Waals surface area contributed by atoms with E-state index >= 15 is 0 Å². The van der Waals surface area contributed by atoms with Gasteiger partial charge in [0.2, 0.25) is 0 Å². The summed E-state index contributed by atoms with van der Waals surface area (Å²) in [6, 6.07) is 25.0. The lowest BCUT2D eigenvalue weighted by atomic mass is 9.96. The normalized spacial score (nSPS) is 18.4. The van der Waals surface area contributed by atoms with Crippen LogP contribution >= 0.6 is 0 Å². The molecule has 1 fully saturated rings. The van der Waals surface area contributed by atoms with Crippen LogP contribution < -0.4 is 4.74 Å². The van der Waals surface area contributed by atoms with Crippen molar-refractivity contribution >= 4 is 11.6 Å². The monoisotopic (exact) mass is 510 g/mol. The van der Waals surface area contributed by atoms with Crippen LogP contribution in [0.15, 0.2) is 77.9 Å². The van der Waals surface area contributed by atoms with E-state index < -0.39 is 0 Å². The second-order valence-corrected chi connectivity index (χ2v) is 10.3. The number of hydrazone groups is 1. The van der Waals surface area contributed by atoms with E-state index in [1.807, 2.05) is 19.1 Å². The van der Waals surface area contributed by atoms with Crippen LogP contribution in [0.1, 0.15) is 47.2 Å². The average Bonchev–Trinajstić information content (AvgIpc) is 3.38. The van der Waals surface area contributed by atoms with Gasteiger partial charge in [-0.25, -0.2) is 5.01 Å². The first-order valence-corrected chi connectivity index (χ1v) is 13.7. The van der Waals surface area contributed by atoms with Gasteiger partial charge in [-0.1, -0.05) is 54.6 Å². The van der Waals surface area contributed by atoms with Crippen LogP contribution in [0.2, 0.25) is 0 Å². The highest BCUT2D eigenvalue weighted by atomic mass is 16.5. The molecular weight excluding hydrogens is 472 g/mol. The zero-order valence-corrected chi connectivity index (χ0v) is 22.8. The van der Waals surface area contributed by atoms with Crippen LogP contribution in [-0.2, 0) is 11.3 Å². The second kappa shape index (κ2) is 11.9. The van der Waals surface area contributed by atoms with E-state index in [2.05, 4.69) is 84.3 Å². The Bertz CT molecular complexity index is 1260. The molecule has 1 saturated heterocycles. The number of piperazine rings is 1. The first-order chi connectivity index (χ1) is 18.5. The van der Waals surface area contributed by atoms with Gasteiger partial charge < -0.3 is 4.74 Å². The number of carbonyl (C=O) groups is 1. The number of hydrogen-bond donors (Lipinski definition) is 0. The first kappa shape index (κ1) is 26.1. The van der Waals surface area contributed by atoms with Crippen LogP contribution in [0.25, 0.3) is 0 Å². The molecule has 2 aliphatic rings. The predicted molar refractivity (Wildman–Crippen MR) is 152 cm³/mol. The van der Waals surface area contributed by atoms with Crippen molar-refractivity contribution in [2.24, 2.45) is 5.10 Å². The van der Waals surface area contributed by atoms with Crippen molar-refractivity contribution in [2.45, 2.75) is 39.8 Å². The SMILES string of the molecule is CCOc1ccc([C@H]2CC(c3ccc(C)c(C)c3)=NN2C(=O)CN2CCN(Cc3ccccc3)CC2)cc1. The summed E-state index contributed by atoms with van der Waals surface area (Å²) in [6.45, 7) is 11.9. The topological polar surface area (TPSA) is 48.4 Å². The molecule has 2 aliphatic heterocycles. The Balaban J connectivity index is 1.29. The molecule has 0 N–H and O–H groups in total. The second-order valence-electron chi connectivity index (χ2n) is 10.3. The fourth-order valence-electron chi connectivity index (χ4n) is 5.26. The minimum Gasteiger partial charge on any atom is -0.494 e. The third-order valence-electron chi connectivity index (χ3n) is 7.65. The first-order valence-electron chi connectivity index (χ1n) is 13.7. The fourth-order valence-corrected chi connectivity index (χ4v) is 5.26. The summed E-state index contributed by atoms with van der Waals surface area (Å²) in [5, 5.41) is 6.65. The van der Waals surface area contributed by atoms with E-state index in [1.165, 1.54) is 16.7 Å². The molecule has 1 atom stereocenters. The molecule has 0 saturated carbocycles. The summed E-state index contributed by atoms with van der Waals surface area (Å²) in [5.41, 5.74) is 6.97. The third-order valence-corrected chi connectivity index (χ3v) is 7.65. The largest absolute Gasteiger partial charge is 0.494 e. The fraction of sp³-hybridized carbons (Fsp3) is 0.375. The number of amides is 1. The lowest BCUT2D eigenvalue weighted by molar-refractivity contribution is -0.134. The quantitative estimate of drug-likeness (QED) is 0.418. The maximum Gasteiger partial charge on any atom is 0.257 e. The van der Waals surface area contributed by atoms with Gasteiger partial charge in [-0.15, -0.1) is 0 Å². The van der Waals surface area contributed by atoms with Gasteiger partial charge in [-0.3, -0.25) is 14.6 Å². The number of rotatable bonds is 8. The molecule has 0 radical (unpaired) electrons. The standard InChI is InChI=1S/C32H38N4O2/c1-4-38-29-14-12-27(13-15-29)31-21-30(28-11-10-24(2)25(3)20-28)33-36(31)32(37)23-35-18-16-34(17-19-35)22-26-8-6-5-7-9-26/h5-15,20,31H,4,16-19,21-23H2,1-3H3/t31-/m1/s1. The Morgan fingerprint density at radius 3 is 2.29 bits per heavy atom. The lowest BCUT2D eigenvalue weighted by Gasteiger charge is -2.35. The van der Waals surface area contributed by atoms with Gasteiger partial charge in [0.1, 0.15) is 5.75 Å². The number of hydrogen-bond acceptors (Lipinski definition) is 5. The van der Waals surface area contributed by atoms with Crippen molar-refractivity contribution in [1.82, 2.24) is 14.8 Å². The van der Waals surface area contributed by atoms with Crippen molar-refractivity contribution in [3.63, 3.8) is 0 Å². The molecule has 1 amide bonds. The van der Waals surface area contributed by atoms with E-state index in [0.717, 1.165) is 55.3 Å². The van der Waals surface area contributed by atoms with Crippen LogP contribution in [0.3, 0.4) is 0 Å². The molecule has 2 heterocycles. The molecule has 198 valence electrons. The minimum atomic E-state index is -0.117. The summed E-state index contributed by atoms with van der Waals surface area (Å²) >= 11 is 0. The van der Waals surface area contributed by atoms with Crippen molar-refractivity contribution in [3.05, 3.63) is 101 Å². The van der Waals surface area contributed by atoms with Gasteiger partial charge in [0.05, 0.1) is 24.9 Å². The third kappa shape index (κ3) is 6.14. The maximum atomic E-state index is 13.7.